The van der Waals surface area contributed by atoms with Gasteiger partial charge in [0.15, 0.2) is 5.96 Å². The van der Waals surface area contributed by atoms with Crippen LogP contribution < -0.4 is 20.5 Å². The fraction of sp³-hybridized carbons (Fsp3) is 0.353. The molecule has 1 unspecified atom stereocenters. The number of hydrogen-bond acceptors (Lipinski definition) is 5. The van der Waals surface area contributed by atoms with Crippen molar-refractivity contribution in [2.45, 2.75) is 30.7 Å². The lowest BCUT2D eigenvalue weighted by Crippen LogP contribution is -2.41. The van der Waals surface area contributed by atoms with Crippen LogP contribution >= 0.6 is 22.9 Å². The Balaban J connectivity index is 1.90. The molecule has 0 saturated heterocycles. The molecular weight excluding hydrogens is 408 g/mol. The first-order valence-corrected chi connectivity index (χ1v) is 11.1. The van der Waals surface area contributed by atoms with Gasteiger partial charge in [0.05, 0.1) is 13.1 Å². The number of sulfonamides is 1. The van der Waals surface area contributed by atoms with Gasteiger partial charge >= 0.3 is 0 Å². The minimum atomic E-state index is -3.67. The Kier molecular flexibility index (Phi) is 7.91. The highest BCUT2D eigenvalue weighted by atomic mass is 35.5. The highest BCUT2D eigenvalue weighted by Gasteiger charge is 2.11. The van der Waals surface area contributed by atoms with Gasteiger partial charge in [-0.3, -0.25) is 0 Å². The summed E-state index contributed by atoms with van der Waals surface area (Å²) in [5.74, 6) is 1.36. The smallest absolute Gasteiger partial charge is 0.247 e. The topological polar surface area (TPSA) is 106 Å². The predicted octanol–water partition coefficient (Wildman–Crippen LogP) is 2.57. The van der Waals surface area contributed by atoms with Crippen LogP contribution in [-0.2, 0) is 16.6 Å². The number of aliphatic imine (C=N–C) groups is 1. The van der Waals surface area contributed by atoms with E-state index in [1.807, 2.05) is 26.0 Å². The van der Waals surface area contributed by atoms with Crippen molar-refractivity contribution in [2.24, 2.45) is 10.1 Å². The van der Waals surface area contributed by atoms with Crippen LogP contribution in [-0.4, -0.2) is 33.6 Å². The van der Waals surface area contributed by atoms with Gasteiger partial charge in [-0.25, -0.2) is 18.5 Å². The molecule has 0 aliphatic rings. The molecule has 2 rings (SSSR count). The number of thiophene rings is 1. The maximum atomic E-state index is 11.3. The van der Waals surface area contributed by atoms with Crippen LogP contribution in [0.5, 0.6) is 5.75 Å². The molecule has 4 N–H and O–H groups in total. The summed E-state index contributed by atoms with van der Waals surface area (Å²) in [4.78, 5) is 5.27. The van der Waals surface area contributed by atoms with Gasteiger partial charge < -0.3 is 15.4 Å². The maximum Gasteiger partial charge on any atom is 0.247 e. The lowest BCUT2D eigenvalue weighted by molar-refractivity contribution is 0.224. The van der Waals surface area contributed by atoms with Crippen molar-refractivity contribution < 1.29 is 13.2 Å². The number of rotatable bonds is 8. The zero-order valence-corrected chi connectivity index (χ0v) is 17.5. The summed E-state index contributed by atoms with van der Waals surface area (Å²) in [6.07, 6.45) is -0.0919. The average Bonchev–Trinajstić information content (AvgIpc) is 3.09. The summed E-state index contributed by atoms with van der Waals surface area (Å²) < 4.78 is 28.6. The largest absolute Gasteiger partial charge is 0.489 e. The summed E-state index contributed by atoms with van der Waals surface area (Å²) in [5.41, 5.74) is 0. The van der Waals surface area contributed by atoms with Gasteiger partial charge in [0.2, 0.25) is 10.0 Å². The Labute approximate surface area is 168 Å². The Morgan fingerprint density at radius 2 is 1.96 bits per heavy atom. The third-order valence-electron chi connectivity index (χ3n) is 3.36. The summed E-state index contributed by atoms with van der Waals surface area (Å²) >= 11 is 6.98. The first-order chi connectivity index (χ1) is 12.8. The molecule has 1 aromatic heterocycles. The lowest BCUT2D eigenvalue weighted by atomic mass is 10.3. The second-order valence-corrected chi connectivity index (χ2v) is 9.12. The molecule has 0 spiro atoms. The number of benzene rings is 1. The molecule has 0 bridgehead atoms. The maximum absolute atomic E-state index is 11.3. The van der Waals surface area contributed by atoms with Crippen LogP contribution in [0.3, 0.4) is 0 Å². The number of nitrogens with zero attached hydrogens (tertiary/aromatic N) is 1. The van der Waals surface area contributed by atoms with Crippen LogP contribution in [0.4, 0.5) is 0 Å². The van der Waals surface area contributed by atoms with Crippen molar-refractivity contribution in [2.75, 3.05) is 13.1 Å². The summed E-state index contributed by atoms with van der Waals surface area (Å²) in [6.45, 7) is 5.51. The zero-order valence-electron chi connectivity index (χ0n) is 15.1. The van der Waals surface area contributed by atoms with Gasteiger partial charge in [-0.15, -0.1) is 11.3 Å². The fourth-order valence-electron chi connectivity index (χ4n) is 2.12. The van der Waals surface area contributed by atoms with Crippen molar-refractivity contribution in [3.8, 4) is 5.75 Å². The minimum Gasteiger partial charge on any atom is -0.489 e. The molecule has 0 radical (unpaired) electrons. The van der Waals surface area contributed by atoms with E-state index >= 15 is 0 Å². The number of nitrogens with two attached hydrogens (primary N) is 1. The van der Waals surface area contributed by atoms with Crippen molar-refractivity contribution in [3.63, 3.8) is 0 Å². The van der Waals surface area contributed by atoms with Gasteiger partial charge in [0.25, 0.3) is 0 Å². The van der Waals surface area contributed by atoms with E-state index in [-0.39, 0.29) is 10.3 Å². The average molecular weight is 431 g/mol. The number of halogens is 1. The molecule has 7 nitrogen and oxygen atoms in total. The molecule has 148 valence electrons. The summed E-state index contributed by atoms with van der Waals surface area (Å²) in [5, 5.41) is 12.1. The number of guanidine groups is 1. The molecule has 0 amide bonds. The van der Waals surface area contributed by atoms with Gasteiger partial charge in [-0.1, -0.05) is 11.6 Å². The molecule has 0 aliphatic carbocycles. The van der Waals surface area contributed by atoms with Crippen molar-refractivity contribution >= 4 is 38.9 Å². The highest BCUT2D eigenvalue weighted by molar-refractivity contribution is 7.91. The van der Waals surface area contributed by atoms with E-state index in [0.717, 1.165) is 22.0 Å². The van der Waals surface area contributed by atoms with E-state index in [1.165, 1.54) is 6.07 Å². The zero-order chi connectivity index (χ0) is 19.9. The van der Waals surface area contributed by atoms with Gasteiger partial charge in [-0.05, 0) is 50.2 Å². The quantitative estimate of drug-likeness (QED) is 0.441. The second kappa shape index (κ2) is 9.93. The second-order valence-electron chi connectivity index (χ2n) is 5.72. The normalized spacial score (nSPS) is 13.3. The molecule has 2 aromatic rings. The number of ether oxygens (including phenoxy) is 1. The third-order valence-corrected chi connectivity index (χ3v) is 6.12. The molecular formula is C17H23ClN4O3S2. The van der Waals surface area contributed by atoms with E-state index in [1.54, 1.807) is 18.2 Å². The van der Waals surface area contributed by atoms with Crippen LogP contribution in [0.1, 0.15) is 18.7 Å². The van der Waals surface area contributed by atoms with E-state index < -0.39 is 10.0 Å². The van der Waals surface area contributed by atoms with E-state index in [2.05, 4.69) is 15.6 Å². The first-order valence-electron chi connectivity index (χ1n) is 8.34. The van der Waals surface area contributed by atoms with Gasteiger partial charge in [-0.2, -0.15) is 0 Å². The SMILES string of the molecule is CCNC(=NCc1ccc(S(N)(=O)=O)s1)NCC(C)Oc1ccc(Cl)cc1. The van der Waals surface area contributed by atoms with Gasteiger partial charge in [0.1, 0.15) is 16.1 Å². The molecule has 0 aliphatic heterocycles. The minimum absolute atomic E-state index is 0.0919. The number of nitrogens with one attached hydrogen (secondary N) is 2. The van der Waals surface area contributed by atoms with E-state index in [0.29, 0.717) is 30.6 Å². The van der Waals surface area contributed by atoms with Crippen LogP contribution in [0.15, 0.2) is 45.6 Å². The first kappa shape index (κ1) is 21.5. The monoisotopic (exact) mass is 430 g/mol. The number of primary sulfonamides is 1. The molecule has 1 atom stereocenters. The standard InChI is InChI=1S/C17H23ClN4O3S2/c1-3-20-17(22-11-15-8-9-16(26-15)27(19,23)24)21-10-12(2)25-14-6-4-13(18)5-7-14/h4-9,12H,3,10-11H2,1-2H3,(H2,19,23,24)(H2,20,21,22). The van der Waals surface area contributed by atoms with Crippen LogP contribution in [0.25, 0.3) is 0 Å². The Morgan fingerprint density at radius 1 is 1.26 bits per heavy atom. The van der Waals surface area contributed by atoms with Crippen molar-refractivity contribution in [1.29, 1.82) is 0 Å². The van der Waals surface area contributed by atoms with Crippen LogP contribution in [0, 0.1) is 0 Å². The molecule has 10 heteroatoms. The van der Waals surface area contributed by atoms with Crippen LogP contribution in [0.2, 0.25) is 5.02 Å². The predicted molar refractivity (Wildman–Crippen MR) is 110 cm³/mol. The van der Waals surface area contributed by atoms with Crippen molar-refractivity contribution in [3.05, 3.63) is 46.3 Å². The molecule has 0 fully saturated rings. The van der Waals surface area contributed by atoms with E-state index in [4.69, 9.17) is 21.5 Å². The Bertz CT molecular complexity index is 867. The summed E-state index contributed by atoms with van der Waals surface area (Å²) in [7, 11) is -3.67. The number of hydrogen-bond donors (Lipinski definition) is 3. The fourth-order valence-corrected chi connectivity index (χ4v) is 3.95. The Morgan fingerprint density at radius 3 is 2.56 bits per heavy atom. The molecule has 0 saturated carbocycles. The molecule has 1 aromatic carbocycles. The highest BCUT2D eigenvalue weighted by Crippen LogP contribution is 2.21. The van der Waals surface area contributed by atoms with Crippen molar-refractivity contribution in [1.82, 2.24) is 10.6 Å². The Hall–Kier alpha value is -1.81. The summed E-state index contributed by atoms with van der Waals surface area (Å²) in [6, 6.07) is 10.4. The molecule has 27 heavy (non-hydrogen) atoms. The van der Waals surface area contributed by atoms with Gasteiger partial charge in [0, 0.05) is 16.4 Å². The molecule has 1 heterocycles. The lowest BCUT2D eigenvalue weighted by Gasteiger charge is -2.17. The van der Waals surface area contributed by atoms with E-state index in [9.17, 15) is 8.42 Å². The third kappa shape index (κ3) is 7.37.